The number of para-hydroxylation sites is 1. The molecule has 2 aromatic carbocycles. The van der Waals surface area contributed by atoms with Crippen molar-refractivity contribution < 1.29 is 23.9 Å². The van der Waals surface area contributed by atoms with Crippen molar-refractivity contribution in [1.29, 1.82) is 0 Å². The summed E-state index contributed by atoms with van der Waals surface area (Å²) in [5.41, 5.74) is 7.70. The highest BCUT2D eigenvalue weighted by atomic mass is 16.5. The highest BCUT2D eigenvalue weighted by molar-refractivity contribution is 5.98. The Kier molecular flexibility index (Phi) is 8.83. The first-order valence-corrected chi connectivity index (χ1v) is 9.57. The molecule has 0 atom stereocenters. The van der Waals surface area contributed by atoms with E-state index in [-0.39, 0.29) is 24.3 Å². The van der Waals surface area contributed by atoms with Crippen molar-refractivity contribution in [2.24, 2.45) is 0 Å². The van der Waals surface area contributed by atoms with Gasteiger partial charge < -0.3 is 14.8 Å². The predicted molar refractivity (Wildman–Crippen MR) is 113 cm³/mol. The molecule has 8 nitrogen and oxygen atoms in total. The Labute approximate surface area is 175 Å². The second-order valence-electron chi connectivity index (χ2n) is 6.71. The third-order valence-electron chi connectivity index (χ3n) is 4.23. The molecule has 0 aliphatic carbocycles. The molecule has 30 heavy (non-hydrogen) atoms. The van der Waals surface area contributed by atoms with Gasteiger partial charge in [0.1, 0.15) is 12.4 Å². The molecule has 8 heteroatoms. The van der Waals surface area contributed by atoms with Crippen LogP contribution in [0.2, 0.25) is 0 Å². The van der Waals surface area contributed by atoms with E-state index in [4.69, 9.17) is 9.47 Å². The molecule has 2 rings (SSSR count). The number of anilines is 1. The van der Waals surface area contributed by atoms with Crippen LogP contribution in [0, 0.1) is 13.8 Å². The Morgan fingerprint density at radius 3 is 2.37 bits per heavy atom. The lowest BCUT2D eigenvalue weighted by atomic mass is 10.1. The first-order valence-electron chi connectivity index (χ1n) is 9.57. The molecular weight excluding hydrogens is 386 g/mol. The van der Waals surface area contributed by atoms with Crippen LogP contribution in [0.1, 0.15) is 34.3 Å². The molecule has 0 heterocycles. The number of amides is 3. The summed E-state index contributed by atoms with van der Waals surface area (Å²) in [4.78, 5) is 36.4. The SMILES string of the molecule is COCCOc1ccccc1C(=O)NNC(=O)CCC(=O)Nc1ccc(C)cc1C. The largest absolute Gasteiger partial charge is 0.490 e. The van der Waals surface area contributed by atoms with Gasteiger partial charge in [-0.05, 0) is 37.6 Å². The second-order valence-corrected chi connectivity index (χ2v) is 6.71. The molecule has 0 saturated heterocycles. The van der Waals surface area contributed by atoms with Gasteiger partial charge in [-0.25, -0.2) is 0 Å². The van der Waals surface area contributed by atoms with Gasteiger partial charge in [0.2, 0.25) is 11.8 Å². The second kappa shape index (κ2) is 11.6. The number of carbonyl (C=O) groups excluding carboxylic acids is 3. The van der Waals surface area contributed by atoms with E-state index in [1.165, 1.54) is 0 Å². The molecule has 2 aromatic rings. The van der Waals surface area contributed by atoms with Crippen molar-refractivity contribution in [1.82, 2.24) is 10.9 Å². The molecule has 0 unspecified atom stereocenters. The Bertz CT molecular complexity index is 898. The third kappa shape index (κ3) is 7.21. The molecule has 0 bridgehead atoms. The minimum Gasteiger partial charge on any atom is -0.490 e. The van der Waals surface area contributed by atoms with E-state index in [1.54, 1.807) is 31.4 Å². The number of carbonyl (C=O) groups is 3. The van der Waals surface area contributed by atoms with Gasteiger partial charge in [-0.1, -0.05) is 29.8 Å². The number of methoxy groups -OCH3 is 1. The lowest BCUT2D eigenvalue weighted by Crippen LogP contribution is -2.42. The summed E-state index contributed by atoms with van der Waals surface area (Å²) >= 11 is 0. The van der Waals surface area contributed by atoms with Gasteiger partial charge in [-0.2, -0.15) is 0 Å². The smallest absolute Gasteiger partial charge is 0.273 e. The van der Waals surface area contributed by atoms with Crippen LogP contribution in [0.25, 0.3) is 0 Å². The summed E-state index contributed by atoms with van der Waals surface area (Å²) < 4.78 is 10.4. The van der Waals surface area contributed by atoms with E-state index in [1.807, 2.05) is 32.0 Å². The zero-order valence-corrected chi connectivity index (χ0v) is 17.4. The fourth-order valence-corrected chi connectivity index (χ4v) is 2.66. The number of ether oxygens (including phenoxy) is 2. The average Bonchev–Trinajstić information content (AvgIpc) is 2.73. The molecule has 0 aliphatic heterocycles. The number of rotatable bonds is 9. The van der Waals surface area contributed by atoms with Crippen molar-refractivity contribution in [2.75, 3.05) is 25.6 Å². The standard InChI is InChI=1S/C22H27N3O5/c1-15-8-9-18(16(2)14-15)23-20(26)10-11-21(27)24-25-22(28)17-6-4-5-7-19(17)30-13-12-29-3/h4-9,14H,10-13H2,1-3H3,(H,23,26)(H,24,27)(H,25,28). The summed E-state index contributed by atoms with van der Waals surface area (Å²) in [6.07, 6.45) is -0.0747. The Balaban J connectivity index is 1.79. The third-order valence-corrected chi connectivity index (χ3v) is 4.23. The molecule has 0 saturated carbocycles. The fourth-order valence-electron chi connectivity index (χ4n) is 2.66. The molecule has 0 radical (unpaired) electrons. The number of benzene rings is 2. The molecule has 0 fully saturated rings. The molecule has 0 spiro atoms. The quantitative estimate of drug-likeness (QED) is 0.433. The normalized spacial score (nSPS) is 10.2. The first kappa shape index (κ1) is 22.9. The highest BCUT2D eigenvalue weighted by Gasteiger charge is 2.14. The van der Waals surface area contributed by atoms with Crippen LogP contribution < -0.4 is 20.9 Å². The van der Waals surface area contributed by atoms with Crippen molar-refractivity contribution in [3.05, 3.63) is 59.2 Å². The maximum absolute atomic E-state index is 12.3. The fraction of sp³-hybridized carbons (Fsp3) is 0.318. The van der Waals surface area contributed by atoms with Crippen LogP contribution in [-0.2, 0) is 14.3 Å². The van der Waals surface area contributed by atoms with Crippen LogP contribution in [0.15, 0.2) is 42.5 Å². The van der Waals surface area contributed by atoms with E-state index < -0.39 is 11.8 Å². The molecule has 3 N–H and O–H groups in total. The van der Waals surface area contributed by atoms with Crippen LogP contribution in [0.5, 0.6) is 5.75 Å². The first-order chi connectivity index (χ1) is 14.4. The van der Waals surface area contributed by atoms with E-state index in [9.17, 15) is 14.4 Å². The minimum atomic E-state index is -0.518. The monoisotopic (exact) mass is 413 g/mol. The topological polar surface area (TPSA) is 106 Å². The molecule has 0 aromatic heterocycles. The summed E-state index contributed by atoms with van der Waals surface area (Å²) in [7, 11) is 1.56. The van der Waals surface area contributed by atoms with E-state index in [0.29, 0.717) is 24.7 Å². The summed E-state index contributed by atoms with van der Waals surface area (Å²) in [5, 5.41) is 2.78. The summed E-state index contributed by atoms with van der Waals surface area (Å²) in [6.45, 7) is 4.56. The number of hydrogen-bond donors (Lipinski definition) is 3. The van der Waals surface area contributed by atoms with E-state index in [0.717, 1.165) is 11.1 Å². The maximum Gasteiger partial charge on any atom is 0.273 e. The van der Waals surface area contributed by atoms with Crippen LogP contribution >= 0.6 is 0 Å². The van der Waals surface area contributed by atoms with Gasteiger partial charge in [0.15, 0.2) is 0 Å². The summed E-state index contributed by atoms with van der Waals surface area (Å²) in [5.74, 6) is -0.887. The number of aryl methyl sites for hydroxylation is 2. The Morgan fingerprint density at radius 1 is 0.900 bits per heavy atom. The van der Waals surface area contributed by atoms with Gasteiger partial charge in [-0.3, -0.25) is 25.2 Å². The Morgan fingerprint density at radius 2 is 1.63 bits per heavy atom. The van der Waals surface area contributed by atoms with Gasteiger partial charge in [0, 0.05) is 25.6 Å². The van der Waals surface area contributed by atoms with Crippen LogP contribution in [0.4, 0.5) is 5.69 Å². The zero-order valence-electron chi connectivity index (χ0n) is 17.4. The van der Waals surface area contributed by atoms with Crippen molar-refractivity contribution in [3.63, 3.8) is 0 Å². The van der Waals surface area contributed by atoms with Gasteiger partial charge in [-0.15, -0.1) is 0 Å². The number of hydrogen-bond acceptors (Lipinski definition) is 5. The average molecular weight is 413 g/mol. The van der Waals surface area contributed by atoms with Gasteiger partial charge in [0.05, 0.1) is 12.2 Å². The van der Waals surface area contributed by atoms with Gasteiger partial charge >= 0.3 is 0 Å². The lowest BCUT2D eigenvalue weighted by Gasteiger charge is -2.12. The van der Waals surface area contributed by atoms with E-state index >= 15 is 0 Å². The van der Waals surface area contributed by atoms with Crippen LogP contribution in [-0.4, -0.2) is 38.0 Å². The molecule has 0 aliphatic rings. The Hall–Kier alpha value is -3.39. The summed E-state index contributed by atoms with van der Waals surface area (Å²) in [6, 6.07) is 12.4. The molecule has 3 amide bonds. The number of nitrogens with one attached hydrogen (secondary N) is 3. The van der Waals surface area contributed by atoms with Crippen molar-refractivity contribution in [3.8, 4) is 5.75 Å². The van der Waals surface area contributed by atoms with Crippen molar-refractivity contribution in [2.45, 2.75) is 26.7 Å². The molecule has 160 valence electrons. The predicted octanol–water partition coefficient (Wildman–Crippen LogP) is 2.51. The highest BCUT2D eigenvalue weighted by Crippen LogP contribution is 2.18. The minimum absolute atomic E-state index is 0.00820. The molecular formula is C22H27N3O5. The lowest BCUT2D eigenvalue weighted by molar-refractivity contribution is -0.124. The van der Waals surface area contributed by atoms with Gasteiger partial charge in [0.25, 0.3) is 5.91 Å². The van der Waals surface area contributed by atoms with Crippen molar-refractivity contribution >= 4 is 23.4 Å². The van der Waals surface area contributed by atoms with E-state index in [2.05, 4.69) is 16.2 Å². The zero-order chi connectivity index (χ0) is 21.9. The van der Waals surface area contributed by atoms with Crippen LogP contribution in [0.3, 0.4) is 0 Å². The maximum atomic E-state index is 12.3. The number of hydrazine groups is 1.